The van der Waals surface area contributed by atoms with E-state index in [2.05, 4.69) is 14.7 Å². The molecule has 130 valence electrons. The molecule has 0 fully saturated rings. The predicted octanol–water partition coefficient (Wildman–Crippen LogP) is 3.42. The van der Waals surface area contributed by atoms with Crippen LogP contribution in [0.2, 0.25) is 0 Å². The van der Waals surface area contributed by atoms with E-state index in [0.717, 1.165) is 10.9 Å². The van der Waals surface area contributed by atoms with Crippen LogP contribution in [0.1, 0.15) is 11.8 Å². The SMILES string of the molecule is NC(OC(=O)C(F)(F)F)c1ccnc(Oc2cccc3[nH]ccc23)c1. The highest BCUT2D eigenvalue weighted by atomic mass is 19.4. The summed E-state index contributed by atoms with van der Waals surface area (Å²) in [4.78, 5) is 17.9. The Morgan fingerprint density at radius 3 is 2.80 bits per heavy atom. The quantitative estimate of drug-likeness (QED) is 0.555. The minimum absolute atomic E-state index is 0.102. The second-order valence-electron chi connectivity index (χ2n) is 5.05. The highest BCUT2D eigenvalue weighted by Gasteiger charge is 2.42. The topological polar surface area (TPSA) is 90.2 Å². The smallest absolute Gasteiger partial charge is 0.438 e. The molecule has 3 aromatic rings. The van der Waals surface area contributed by atoms with Crippen LogP contribution in [0.5, 0.6) is 11.6 Å². The molecule has 2 heterocycles. The van der Waals surface area contributed by atoms with Gasteiger partial charge in [-0.25, -0.2) is 9.78 Å². The largest absolute Gasteiger partial charge is 0.490 e. The van der Waals surface area contributed by atoms with Gasteiger partial charge in [-0.2, -0.15) is 13.2 Å². The van der Waals surface area contributed by atoms with Crippen molar-refractivity contribution in [2.75, 3.05) is 0 Å². The van der Waals surface area contributed by atoms with E-state index in [1.54, 1.807) is 18.3 Å². The molecule has 2 aromatic heterocycles. The summed E-state index contributed by atoms with van der Waals surface area (Å²) in [6.07, 6.45) is -3.67. The normalized spacial score (nSPS) is 12.8. The van der Waals surface area contributed by atoms with Crippen LogP contribution in [0.15, 0.2) is 48.8 Å². The van der Waals surface area contributed by atoms with E-state index >= 15 is 0 Å². The lowest BCUT2D eigenvalue weighted by Gasteiger charge is -2.15. The minimum Gasteiger partial charge on any atom is -0.438 e. The number of H-pyrrole nitrogens is 1. The standard InChI is InChI=1S/C16H12F3N3O3/c17-16(18,19)15(23)25-14(20)9-4-6-22-13(8-9)24-12-3-1-2-11-10(12)5-7-21-11/h1-8,14,21H,20H2. The van der Waals surface area contributed by atoms with Gasteiger partial charge in [0.1, 0.15) is 5.75 Å². The van der Waals surface area contributed by atoms with Gasteiger partial charge in [0.2, 0.25) is 5.88 Å². The second kappa shape index (κ2) is 6.44. The number of ether oxygens (including phenoxy) is 2. The molecule has 0 amide bonds. The number of aromatic nitrogens is 2. The van der Waals surface area contributed by atoms with Crippen molar-refractivity contribution in [3.8, 4) is 11.6 Å². The third-order valence-corrected chi connectivity index (χ3v) is 3.32. The number of hydrogen-bond acceptors (Lipinski definition) is 5. The zero-order valence-corrected chi connectivity index (χ0v) is 12.6. The van der Waals surface area contributed by atoms with Gasteiger partial charge in [0.05, 0.1) is 0 Å². The van der Waals surface area contributed by atoms with Crippen LogP contribution in [-0.2, 0) is 9.53 Å². The highest BCUT2D eigenvalue weighted by Crippen LogP contribution is 2.29. The molecule has 0 spiro atoms. The molecule has 3 N–H and O–H groups in total. The van der Waals surface area contributed by atoms with Gasteiger partial charge in [0.15, 0.2) is 6.23 Å². The summed E-state index contributed by atoms with van der Waals surface area (Å²) in [5.74, 6) is -1.76. The first-order valence-electron chi connectivity index (χ1n) is 7.08. The summed E-state index contributed by atoms with van der Waals surface area (Å²) in [7, 11) is 0. The molecule has 0 aliphatic carbocycles. The number of nitrogens with two attached hydrogens (primary N) is 1. The molecule has 0 radical (unpaired) electrons. The van der Waals surface area contributed by atoms with Crippen LogP contribution in [0, 0.1) is 0 Å². The molecule has 0 saturated heterocycles. The number of nitrogens with zero attached hydrogens (tertiary/aromatic N) is 1. The first-order valence-corrected chi connectivity index (χ1v) is 7.08. The third kappa shape index (κ3) is 3.72. The van der Waals surface area contributed by atoms with E-state index < -0.39 is 18.4 Å². The summed E-state index contributed by atoms with van der Waals surface area (Å²) in [5, 5.41) is 0.808. The van der Waals surface area contributed by atoms with Gasteiger partial charge in [-0.1, -0.05) is 6.07 Å². The molecule has 6 nitrogen and oxygen atoms in total. The molecule has 0 aliphatic heterocycles. The Balaban J connectivity index is 1.80. The lowest BCUT2D eigenvalue weighted by molar-refractivity contribution is -0.205. The number of esters is 1. The van der Waals surface area contributed by atoms with E-state index in [0.29, 0.717) is 5.75 Å². The van der Waals surface area contributed by atoms with Gasteiger partial charge in [-0.15, -0.1) is 0 Å². The Bertz CT molecular complexity index is 908. The van der Waals surface area contributed by atoms with Crippen molar-refractivity contribution in [1.29, 1.82) is 0 Å². The third-order valence-electron chi connectivity index (χ3n) is 3.32. The number of aromatic amines is 1. The fourth-order valence-corrected chi connectivity index (χ4v) is 2.17. The molecule has 0 aliphatic rings. The maximum Gasteiger partial charge on any atom is 0.490 e. The molecule has 0 saturated carbocycles. The van der Waals surface area contributed by atoms with E-state index in [1.165, 1.54) is 18.3 Å². The number of nitrogens with one attached hydrogen (secondary N) is 1. The minimum atomic E-state index is -5.12. The first-order chi connectivity index (χ1) is 11.8. The lowest BCUT2D eigenvalue weighted by Crippen LogP contribution is -2.30. The summed E-state index contributed by atoms with van der Waals surface area (Å²) >= 11 is 0. The van der Waals surface area contributed by atoms with Crippen LogP contribution in [0.4, 0.5) is 13.2 Å². The zero-order chi connectivity index (χ0) is 18.0. The average Bonchev–Trinajstić information content (AvgIpc) is 3.04. The van der Waals surface area contributed by atoms with Crippen LogP contribution >= 0.6 is 0 Å². The fraction of sp³-hybridized carbons (Fsp3) is 0.125. The summed E-state index contributed by atoms with van der Waals surface area (Å²) in [5.41, 5.74) is 6.46. The molecule has 1 aromatic carbocycles. The summed E-state index contributed by atoms with van der Waals surface area (Å²) in [6, 6.07) is 9.80. The van der Waals surface area contributed by atoms with Gasteiger partial charge in [-0.3, -0.25) is 5.73 Å². The van der Waals surface area contributed by atoms with Gasteiger partial charge in [0.25, 0.3) is 0 Å². The fourth-order valence-electron chi connectivity index (χ4n) is 2.17. The second-order valence-corrected chi connectivity index (χ2v) is 5.05. The number of pyridine rings is 1. The monoisotopic (exact) mass is 351 g/mol. The van der Waals surface area contributed by atoms with Crippen molar-refractivity contribution in [1.82, 2.24) is 9.97 Å². The number of carbonyl (C=O) groups is 1. The molecule has 0 bridgehead atoms. The molecular weight excluding hydrogens is 339 g/mol. The predicted molar refractivity (Wildman–Crippen MR) is 81.7 cm³/mol. The number of rotatable bonds is 4. The number of halogens is 3. The maximum atomic E-state index is 12.2. The average molecular weight is 351 g/mol. The Labute approximate surface area is 139 Å². The van der Waals surface area contributed by atoms with Crippen molar-refractivity contribution in [3.05, 3.63) is 54.4 Å². The van der Waals surface area contributed by atoms with Gasteiger partial charge >= 0.3 is 12.1 Å². The Kier molecular flexibility index (Phi) is 4.32. The Morgan fingerprint density at radius 1 is 1.24 bits per heavy atom. The summed E-state index contributed by atoms with van der Waals surface area (Å²) < 4.78 is 46.6. The maximum absolute atomic E-state index is 12.2. The van der Waals surface area contributed by atoms with Crippen LogP contribution in [0.25, 0.3) is 10.9 Å². The Hall–Kier alpha value is -3.07. The van der Waals surface area contributed by atoms with E-state index in [-0.39, 0.29) is 11.4 Å². The number of carbonyl (C=O) groups excluding carboxylic acids is 1. The first kappa shape index (κ1) is 16.8. The summed E-state index contributed by atoms with van der Waals surface area (Å²) in [6.45, 7) is 0. The van der Waals surface area contributed by atoms with E-state index in [9.17, 15) is 18.0 Å². The number of alkyl halides is 3. The molecule has 3 rings (SSSR count). The van der Waals surface area contributed by atoms with Crippen molar-refractivity contribution >= 4 is 16.9 Å². The molecular formula is C16H12F3N3O3. The lowest BCUT2D eigenvalue weighted by atomic mass is 10.2. The van der Waals surface area contributed by atoms with E-state index in [1.807, 2.05) is 12.1 Å². The van der Waals surface area contributed by atoms with Crippen LogP contribution < -0.4 is 10.5 Å². The van der Waals surface area contributed by atoms with Crippen molar-refractivity contribution in [2.45, 2.75) is 12.4 Å². The van der Waals surface area contributed by atoms with Crippen molar-refractivity contribution in [3.63, 3.8) is 0 Å². The number of fused-ring (bicyclic) bond motifs is 1. The molecule has 1 unspecified atom stereocenters. The van der Waals surface area contributed by atoms with Gasteiger partial charge in [-0.05, 0) is 24.3 Å². The Morgan fingerprint density at radius 2 is 2.04 bits per heavy atom. The van der Waals surface area contributed by atoms with Crippen LogP contribution in [-0.4, -0.2) is 22.1 Å². The van der Waals surface area contributed by atoms with Crippen molar-refractivity contribution in [2.24, 2.45) is 5.73 Å². The zero-order valence-electron chi connectivity index (χ0n) is 12.6. The van der Waals surface area contributed by atoms with Gasteiger partial charge < -0.3 is 14.5 Å². The number of hydrogen-bond donors (Lipinski definition) is 2. The number of benzene rings is 1. The molecule has 9 heteroatoms. The molecule has 25 heavy (non-hydrogen) atoms. The van der Waals surface area contributed by atoms with Crippen molar-refractivity contribution < 1.29 is 27.4 Å². The van der Waals surface area contributed by atoms with Gasteiger partial charge in [0, 0.05) is 34.9 Å². The van der Waals surface area contributed by atoms with Crippen LogP contribution in [0.3, 0.4) is 0 Å². The van der Waals surface area contributed by atoms with E-state index in [4.69, 9.17) is 10.5 Å². The highest BCUT2D eigenvalue weighted by molar-refractivity contribution is 5.85. The molecule has 1 atom stereocenters.